The van der Waals surface area contributed by atoms with Crippen LogP contribution in [0.3, 0.4) is 0 Å². The SMILES string of the molecule is CCOC(=O)[C@](CC)(CO)NC(=O)OC(C)(C)C. The third kappa shape index (κ3) is 4.91. The molecule has 18 heavy (non-hydrogen) atoms. The van der Waals surface area contributed by atoms with Gasteiger partial charge in [0.25, 0.3) is 0 Å². The first-order chi connectivity index (χ1) is 8.20. The molecular weight excluding hydrogens is 238 g/mol. The maximum atomic E-state index is 11.8. The fourth-order valence-electron chi connectivity index (χ4n) is 1.27. The molecule has 0 aromatic rings. The highest BCUT2D eigenvalue weighted by atomic mass is 16.6. The molecule has 0 heterocycles. The van der Waals surface area contributed by atoms with Crippen molar-refractivity contribution in [3.63, 3.8) is 0 Å². The molecule has 0 rings (SSSR count). The molecule has 0 aromatic heterocycles. The third-order valence-corrected chi connectivity index (χ3v) is 2.28. The van der Waals surface area contributed by atoms with E-state index in [2.05, 4.69) is 5.32 Å². The number of rotatable bonds is 5. The summed E-state index contributed by atoms with van der Waals surface area (Å²) in [6.45, 7) is 8.10. The van der Waals surface area contributed by atoms with Crippen LogP contribution in [0.5, 0.6) is 0 Å². The summed E-state index contributed by atoms with van der Waals surface area (Å²) in [6.07, 6.45) is -0.548. The van der Waals surface area contributed by atoms with Crippen molar-refractivity contribution in [2.75, 3.05) is 13.2 Å². The molecule has 106 valence electrons. The van der Waals surface area contributed by atoms with E-state index in [4.69, 9.17) is 9.47 Å². The van der Waals surface area contributed by atoms with Gasteiger partial charge in [0.2, 0.25) is 0 Å². The van der Waals surface area contributed by atoms with Crippen LogP contribution < -0.4 is 5.32 Å². The minimum atomic E-state index is -1.45. The van der Waals surface area contributed by atoms with E-state index in [9.17, 15) is 14.7 Å². The first-order valence-electron chi connectivity index (χ1n) is 6.00. The van der Waals surface area contributed by atoms with Crippen LogP contribution in [0.25, 0.3) is 0 Å². The number of nitrogens with one attached hydrogen (secondary N) is 1. The summed E-state index contributed by atoms with van der Waals surface area (Å²) in [4.78, 5) is 23.4. The number of carbonyl (C=O) groups excluding carboxylic acids is 2. The molecule has 0 aliphatic rings. The molecule has 0 bridgehead atoms. The van der Waals surface area contributed by atoms with Gasteiger partial charge in [-0.05, 0) is 34.1 Å². The zero-order chi connectivity index (χ0) is 14.4. The monoisotopic (exact) mass is 261 g/mol. The molecule has 0 aliphatic carbocycles. The zero-order valence-corrected chi connectivity index (χ0v) is 11.7. The van der Waals surface area contributed by atoms with Crippen molar-refractivity contribution in [1.29, 1.82) is 0 Å². The van der Waals surface area contributed by atoms with Gasteiger partial charge < -0.3 is 19.9 Å². The predicted octanol–water partition coefficient (Wildman–Crippen LogP) is 1.22. The van der Waals surface area contributed by atoms with Crippen LogP contribution in [0.15, 0.2) is 0 Å². The Morgan fingerprint density at radius 3 is 2.11 bits per heavy atom. The second-order valence-electron chi connectivity index (χ2n) is 4.94. The highest BCUT2D eigenvalue weighted by Gasteiger charge is 2.40. The molecule has 0 aliphatic heterocycles. The molecule has 0 saturated carbocycles. The fraction of sp³-hybridized carbons (Fsp3) is 0.833. The Morgan fingerprint density at radius 1 is 1.22 bits per heavy atom. The second-order valence-corrected chi connectivity index (χ2v) is 4.94. The van der Waals surface area contributed by atoms with Gasteiger partial charge >= 0.3 is 12.1 Å². The van der Waals surface area contributed by atoms with Crippen molar-refractivity contribution >= 4 is 12.1 Å². The Kier molecular flexibility index (Phi) is 6.11. The second kappa shape index (κ2) is 6.58. The van der Waals surface area contributed by atoms with Crippen LogP contribution in [-0.2, 0) is 14.3 Å². The Hall–Kier alpha value is -1.30. The molecule has 0 saturated heterocycles. The van der Waals surface area contributed by atoms with Gasteiger partial charge in [0.1, 0.15) is 5.60 Å². The average molecular weight is 261 g/mol. The molecule has 0 spiro atoms. The lowest BCUT2D eigenvalue weighted by molar-refractivity contribution is -0.153. The van der Waals surface area contributed by atoms with Gasteiger partial charge in [-0.2, -0.15) is 0 Å². The van der Waals surface area contributed by atoms with Crippen LogP contribution in [0, 0.1) is 0 Å². The lowest BCUT2D eigenvalue weighted by Crippen LogP contribution is -2.58. The van der Waals surface area contributed by atoms with E-state index in [0.29, 0.717) is 0 Å². The molecule has 0 radical (unpaired) electrons. The van der Waals surface area contributed by atoms with E-state index in [0.717, 1.165) is 0 Å². The predicted molar refractivity (Wildman–Crippen MR) is 66.1 cm³/mol. The summed E-state index contributed by atoms with van der Waals surface area (Å²) >= 11 is 0. The number of aliphatic hydroxyl groups is 1. The fourth-order valence-corrected chi connectivity index (χ4v) is 1.27. The van der Waals surface area contributed by atoms with Gasteiger partial charge in [0.15, 0.2) is 5.54 Å². The van der Waals surface area contributed by atoms with E-state index in [1.807, 2.05) is 0 Å². The Bertz CT molecular complexity index is 291. The van der Waals surface area contributed by atoms with Crippen LogP contribution in [0.2, 0.25) is 0 Å². The van der Waals surface area contributed by atoms with E-state index >= 15 is 0 Å². The number of amides is 1. The summed E-state index contributed by atoms with van der Waals surface area (Å²) < 4.78 is 9.91. The van der Waals surface area contributed by atoms with Crippen molar-refractivity contribution in [2.24, 2.45) is 0 Å². The Balaban J connectivity index is 4.81. The minimum Gasteiger partial charge on any atom is -0.464 e. The first kappa shape index (κ1) is 16.7. The molecule has 2 N–H and O–H groups in total. The van der Waals surface area contributed by atoms with E-state index in [1.54, 1.807) is 34.6 Å². The normalized spacial score (nSPS) is 14.6. The topological polar surface area (TPSA) is 84.9 Å². The number of carbonyl (C=O) groups is 2. The van der Waals surface area contributed by atoms with Crippen LogP contribution in [-0.4, -0.2) is 41.5 Å². The van der Waals surface area contributed by atoms with Crippen molar-refractivity contribution in [1.82, 2.24) is 5.32 Å². The molecule has 6 heteroatoms. The minimum absolute atomic E-state index is 0.177. The summed E-state index contributed by atoms with van der Waals surface area (Å²) in [5.74, 6) is -0.666. The van der Waals surface area contributed by atoms with Crippen molar-refractivity contribution in [2.45, 2.75) is 52.2 Å². The Morgan fingerprint density at radius 2 is 1.78 bits per heavy atom. The summed E-state index contributed by atoms with van der Waals surface area (Å²) in [6, 6.07) is 0. The first-order valence-corrected chi connectivity index (χ1v) is 6.00. The van der Waals surface area contributed by atoms with Crippen molar-refractivity contribution in [3.05, 3.63) is 0 Å². The van der Waals surface area contributed by atoms with E-state index in [1.165, 1.54) is 0 Å². The molecule has 0 aromatic carbocycles. The van der Waals surface area contributed by atoms with Gasteiger partial charge in [0, 0.05) is 0 Å². The molecule has 0 unspecified atom stereocenters. The largest absolute Gasteiger partial charge is 0.464 e. The third-order valence-electron chi connectivity index (χ3n) is 2.28. The molecule has 6 nitrogen and oxygen atoms in total. The number of hydrogen-bond donors (Lipinski definition) is 2. The maximum absolute atomic E-state index is 11.8. The van der Waals surface area contributed by atoms with Crippen molar-refractivity contribution in [3.8, 4) is 0 Å². The lowest BCUT2D eigenvalue weighted by Gasteiger charge is -2.30. The van der Waals surface area contributed by atoms with Gasteiger partial charge in [-0.3, -0.25) is 0 Å². The summed E-state index contributed by atoms with van der Waals surface area (Å²) in [5, 5.41) is 11.7. The number of ether oxygens (including phenoxy) is 2. The van der Waals surface area contributed by atoms with Gasteiger partial charge in [-0.1, -0.05) is 6.92 Å². The number of alkyl carbamates (subject to hydrolysis) is 1. The maximum Gasteiger partial charge on any atom is 0.408 e. The number of esters is 1. The summed E-state index contributed by atoms with van der Waals surface area (Å²) in [5.41, 5.74) is -2.12. The van der Waals surface area contributed by atoms with E-state index in [-0.39, 0.29) is 13.0 Å². The summed E-state index contributed by atoms with van der Waals surface area (Å²) in [7, 11) is 0. The standard InChI is InChI=1S/C12H23NO5/c1-6-12(8-14,9(15)17-7-2)13-10(16)18-11(3,4)5/h14H,6-8H2,1-5H3,(H,13,16)/t12-/m0/s1. The molecule has 1 atom stereocenters. The van der Waals surface area contributed by atoms with Crippen LogP contribution >= 0.6 is 0 Å². The zero-order valence-electron chi connectivity index (χ0n) is 11.7. The van der Waals surface area contributed by atoms with Crippen LogP contribution in [0.1, 0.15) is 41.0 Å². The highest BCUT2D eigenvalue weighted by Crippen LogP contribution is 2.14. The molecule has 0 fully saturated rings. The van der Waals surface area contributed by atoms with Crippen molar-refractivity contribution < 1.29 is 24.2 Å². The molecule has 1 amide bonds. The number of hydrogen-bond acceptors (Lipinski definition) is 5. The number of aliphatic hydroxyl groups excluding tert-OH is 1. The lowest BCUT2D eigenvalue weighted by atomic mass is 9.98. The highest BCUT2D eigenvalue weighted by molar-refractivity contribution is 5.86. The smallest absolute Gasteiger partial charge is 0.408 e. The Labute approximate surface area is 108 Å². The molecular formula is C12H23NO5. The van der Waals surface area contributed by atoms with E-state index < -0.39 is 29.8 Å². The quantitative estimate of drug-likeness (QED) is 0.727. The van der Waals surface area contributed by atoms with Gasteiger partial charge in [-0.25, -0.2) is 9.59 Å². The van der Waals surface area contributed by atoms with Gasteiger partial charge in [0.05, 0.1) is 13.2 Å². The van der Waals surface area contributed by atoms with Gasteiger partial charge in [-0.15, -0.1) is 0 Å². The van der Waals surface area contributed by atoms with Crippen LogP contribution in [0.4, 0.5) is 4.79 Å². The average Bonchev–Trinajstić information content (AvgIpc) is 2.23.